The Morgan fingerprint density at radius 1 is 1.38 bits per heavy atom. The Morgan fingerprint density at radius 2 is 2.10 bits per heavy atom. The van der Waals surface area contributed by atoms with Crippen molar-refractivity contribution in [3.8, 4) is 0 Å². The van der Waals surface area contributed by atoms with Gasteiger partial charge in [-0.2, -0.15) is 0 Å². The van der Waals surface area contributed by atoms with Crippen molar-refractivity contribution in [3.05, 3.63) is 0 Å². The summed E-state index contributed by atoms with van der Waals surface area (Å²) >= 11 is 0. The number of carbonyl (C=O) groups excluding carboxylic acids is 1. The van der Waals surface area contributed by atoms with Crippen LogP contribution in [0.25, 0.3) is 0 Å². The second kappa shape index (κ2) is 4.97. The van der Waals surface area contributed by atoms with Gasteiger partial charge in [0.05, 0.1) is 6.10 Å². The van der Waals surface area contributed by atoms with Crippen LogP contribution in [0.3, 0.4) is 0 Å². The molecule has 3 rings (SSSR count). The van der Waals surface area contributed by atoms with Crippen LogP contribution in [0.2, 0.25) is 0 Å². The van der Waals surface area contributed by atoms with Crippen LogP contribution in [0, 0.1) is 28.6 Å². The van der Waals surface area contributed by atoms with E-state index in [1.807, 2.05) is 0 Å². The van der Waals surface area contributed by atoms with E-state index in [2.05, 4.69) is 33.0 Å². The molecule has 2 bridgehead atoms. The normalized spacial score (nSPS) is 43.9. The maximum atomic E-state index is 11.8. The summed E-state index contributed by atoms with van der Waals surface area (Å²) < 4.78 is 6.16. The van der Waals surface area contributed by atoms with Crippen LogP contribution in [0.1, 0.15) is 60.3 Å². The molecule has 3 fully saturated rings. The number of hydrogen-bond acceptors (Lipinski definition) is 2. The summed E-state index contributed by atoms with van der Waals surface area (Å²) in [6, 6.07) is 0.324. The molecule has 0 unspecified atom stereocenters. The van der Waals surface area contributed by atoms with Crippen LogP contribution >= 0.6 is 0 Å². The number of fused-ring (bicyclic) bond motifs is 1. The van der Waals surface area contributed by atoms with Gasteiger partial charge in [0.1, 0.15) is 0 Å². The van der Waals surface area contributed by atoms with Gasteiger partial charge < -0.3 is 10.1 Å². The lowest BCUT2D eigenvalue weighted by atomic mass is 9.59. The molecule has 1 N–H and O–H groups in total. The van der Waals surface area contributed by atoms with Crippen LogP contribution in [0.4, 0.5) is 0 Å². The highest BCUT2D eigenvalue weighted by atomic mass is 16.5. The van der Waals surface area contributed by atoms with E-state index in [-0.39, 0.29) is 16.7 Å². The Bertz CT molecular complexity index is 431. The van der Waals surface area contributed by atoms with E-state index in [1.165, 1.54) is 12.8 Å². The van der Waals surface area contributed by atoms with Gasteiger partial charge in [-0.1, -0.05) is 27.7 Å². The molecule has 1 aliphatic heterocycles. The molecule has 1 amide bonds. The van der Waals surface area contributed by atoms with Crippen molar-refractivity contribution in [2.75, 3.05) is 6.61 Å². The zero-order valence-electron chi connectivity index (χ0n) is 14.2. The lowest BCUT2D eigenvalue weighted by molar-refractivity contribution is -0.137. The molecule has 0 aromatic carbocycles. The van der Waals surface area contributed by atoms with Gasteiger partial charge in [-0.25, -0.2) is 0 Å². The minimum atomic E-state index is 0.126. The first-order valence-corrected chi connectivity index (χ1v) is 8.66. The summed E-state index contributed by atoms with van der Waals surface area (Å²) in [6.07, 6.45) is 5.26. The first kappa shape index (κ1) is 15.3. The molecule has 1 spiro atoms. The highest BCUT2D eigenvalue weighted by molar-refractivity contribution is 5.73. The Balaban J connectivity index is 1.90. The fourth-order valence-electron chi connectivity index (χ4n) is 5.81. The number of carbonyl (C=O) groups is 1. The predicted octanol–water partition coefficient (Wildman–Crippen LogP) is 3.38. The molecule has 0 aromatic heterocycles. The van der Waals surface area contributed by atoms with Gasteiger partial charge in [-0.15, -0.1) is 0 Å². The van der Waals surface area contributed by atoms with Crippen molar-refractivity contribution in [3.63, 3.8) is 0 Å². The molecule has 2 saturated carbocycles. The average Bonchev–Trinajstić information content (AvgIpc) is 2.83. The van der Waals surface area contributed by atoms with Crippen molar-refractivity contribution < 1.29 is 9.53 Å². The summed E-state index contributed by atoms with van der Waals surface area (Å²) in [4.78, 5) is 11.8. The summed E-state index contributed by atoms with van der Waals surface area (Å²) in [5, 5.41) is 3.33. The Kier molecular flexibility index (Phi) is 3.63. The van der Waals surface area contributed by atoms with Crippen LogP contribution < -0.4 is 5.32 Å². The third kappa shape index (κ3) is 2.23. The van der Waals surface area contributed by atoms with Crippen molar-refractivity contribution in [1.82, 2.24) is 5.32 Å². The third-order valence-electron chi connectivity index (χ3n) is 6.67. The molecule has 3 heteroatoms. The molecular formula is C18H31NO2. The van der Waals surface area contributed by atoms with E-state index in [0.717, 1.165) is 25.4 Å². The highest BCUT2D eigenvalue weighted by Gasteiger charge is 2.68. The van der Waals surface area contributed by atoms with Gasteiger partial charge >= 0.3 is 0 Å². The molecule has 120 valence electrons. The monoisotopic (exact) mass is 293 g/mol. The lowest BCUT2D eigenvalue weighted by Crippen LogP contribution is -2.60. The smallest absolute Gasteiger partial charge is 0.217 e. The van der Waals surface area contributed by atoms with E-state index in [1.54, 1.807) is 6.92 Å². The Hall–Kier alpha value is -0.570. The molecule has 0 radical (unpaired) electrons. The van der Waals surface area contributed by atoms with Gasteiger partial charge in [0.15, 0.2) is 0 Å². The number of hydrogen-bond donors (Lipinski definition) is 1. The SMILES string of the molecule is CC(=O)N[C@@H]1C(C)(C)[C@@H]2C[C@@H]3[C@@H](CC(C)C)OCC[C@@]31C2. The molecule has 5 atom stereocenters. The molecule has 0 aromatic rings. The van der Waals surface area contributed by atoms with Gasteiger partial charge in [0.2, 0.25) is 5.91 Å². The van der Waals surface area contributed by atoms with Crippen LogP contribution in [0.5, 0.6) is 0 Å². The average molecular weight is 293 g/mol. The first-order chi connectivity index (χ1) is 9.77. The summed E-state index contributed by atoms with van der Waals surface area (Å²) in [5.41, 5.74) is 0.513. The zero-order valence-corrected chi connectivity index (χ0v) is 14.2. The van der Waals surface area contributed by atoms with Gasteiger partial charge in [-0.3, -0.25) is 4.79 Å². The van der Waals surface area contributed by atoms with Crippen LogP contribution in [0.15, 0.2) is 0 Å². The molecule has 21 heavy (non-hydrogen) atoms. The second-order valence-corrected chi connectivity index (χ2v) is 8.72. The van der Waals surface area contributed by atoms with Crippen molar-refractivity contribution in [2.45, 2.75) is 72.4 Å². The van der Waals surface area contributed by atoms with E-state index in [9.17, 15) is 4.79 Å². The van der Waals surface area contributed by atoms with Gasteiger partial charge in [0, 0.05) is 19.6 Å². The first-order valence-electron chi connectivity index (χ1n) is 8.66. The summed E-state index contributed by atoms with van der Waals surface area (Å²) in [7, 11) is 0. The summed E-state index contributed by atoms with van der Waals surface area (Å²) in [5.74, 6) is 2.18. The Morgan fingerprint density at radius 3 is 2.71 bits per heavy atom. The Labute approximate surface area is 129 Å². The van der Waals surface area contributed by atoms with E-state index < -0.39 is 0 Å². The van der Waals surface area contributed by atoms with Gasteiger partial charge in [-0.05, 0) is 54.3 Å². The van der Waals surface area contributed by atoms with Crippen LogP contribution in [-0.4, -0.2) is 24.7 Å². The largest absolute Gasteiger partial charge is 0.378 e. The third-order valence-corrected chi connectivity index (χ3v) is 6.67. The van der Waals surface area contributed by atoms with Crippen molar-refractivity contribution >= 4 is 5.91 Å². The molecule has 2 aliphatic carbocycles. The molecular weight excluding hydrogens is 262 g/mol. The quantitative estimate of drug-likeness (QED) is 0.866. The topological polar surface area (TPSA) is 38.3 Å². The molecule has 1 heterocycles. The van der Waals surface area contributed by atoms with Gasteiger partial charge in [0.25, 0.3) is 0 Å². The van der Waals surface area contributed by atoms with E-state index in [4.69, 9.17) is 4.74 Å². The van der Waals surface area contributed by atoms with Crippen molar-refractivity contribution in [2.24, 2.45) is 28.6 Å². The predicted molar refractivity (Wildman–Crippen MR) is 83.8 cm³/mol. The minimum absolute atomic E-state index is 0.126. The van der Waals surface area contributed by atoms with Crippen molar-refractivity contribution in [1.29, 1.82) is 0 Å². The van der Waals surface area contributed by atoms with E-state index >= 15 is 0 Å². The fraction of sp³-hybridized carbons (Fsp3) is 0.944. The fourth-order valence-corrected chi connectivity index (χ4v) is 5.81. The molecule has 3 aliphatic rings. The number of ether oxygens (including phenoxy) is 1. The lowest BCUT2D eigenvalue weighted by Gasteiger charge is -2.53. The summed E-state index contributed by atoms with van der Waals surface area (Å²) in [6.45, 7) is 11.8. The standard InChI is InChI=1S/C18H31NO2/c1-11(2)8-15-14-9-13-10-18(14,6-7-21-15)16(17(13,4)5)19-12(3)20/h11,13-16H,6-10H2,1-5H3,(H,19,20)/t13-,14-,15-,16-,18-/m1/s1. The number of rotatable bonds is 3. The van der Waals surface area contributed by atoms with Crippen LogP contribution in [-0.2, 0) is 9.53 Å². The zero-order chi connectivity index (χ0) is 15.4. The maximum Gasteiger partial charge on any atom is 0.217 e. The molecule has 3 nitrogen and oxygen atoms in total. The van der Waals surface area contributed by atoms with E-state index in [0.29, 0.717) is 24.0 Å². The highest BCUT2D eigenvalue weighted by Crippen LogP contribution is 2.68. The number of nitrogens with one attached hydrogen (secondary N) is 1. The number of amides is 1. The second-order valence-electron chi connectivity index (χ2n) is 8.72. The minimum Gasteiger partial charge on any atom is -0.378 e. The maximum absolute atomic E-state index is 11.8. The molecule has 1 saturated heterocycles.